The summed E-state index contributed by atoms with van der Waals surface area (Å²) in [6.07, 6.45) is 4.80. The summed E-state index contributed by atoms with van der Waals surface area (Å²) >= 11 is 0. The summed E-state index contributed by atoms with van der Waals surface area (Å²) in [6.45, 7) is 1.49. The van der Waals surface area contributed by atoms with E-state index in [0.717, 1.165) is 25.9 Å². The van der Waals surface area contributed by atoms with E-state index in [0.29, 0.717) is 18.5 Å². The largest absolute Gasteiger partial charge is 0.391 e. The molecule has 0 radical (unpaired) electrons. The van der Waals surface area contributed by atoms with Crippen LogP contribution in [0.2, 0.25) is 0 Å². The molecule has 0 aromatic rings. The van der Waals surface area contributed by atoms with Crippen LogP contribution in [-0.4, -0.2) is 25.2 Å². The smallest absolute Gasteiger partial charge is 0.144 e. The van der Waals surface area contributed by atoms with Crippen molar-refractivity contribution in [3.63, 3.8) is 0 Å². The molecule has 4 heteroatoms. The predicted molar refractivity (Wildman–Crippen MR) is 49.3 cm³/mol. The van der Waals surface area contributed by atoms with Gasteiger partial charge in [0, 0.05) is 12.5 Å². The minimum absolute atomic E-state index is 0.278. The molecular weight excluding hydrogens is 168 g/mol. The molecule has 13 heavy (non-hydrogen) atoms. The maximum atomic E-state index is 5.75. The number of ether oxygens (including phenoxy) is 1. The van der Waals surface area contributed by atoms with Crippen molar-refractivity contribution in [2.24, 2.45) is 16.8 Å². The van der Waals surface area contributed by atoms with Crippen molar-refractivity contribution in [2.45, 2.75) is 31.8 Å². The maximum absolute atomic E-state index is 5.75. The van der Waals surface area contributed by atoms with Crippen LogP contribution >= 0.6 is 0 Å². The minimum Gasteiger partial charge on any atom is -0.391 e. The number of oxime groups is 1. The van der Waals surface area contributed by atoms with Crippen LogP contribution in [0.15, 0.2) is 5.16 Å². The van der Waals surface area contributed by atoms with E-state index in [2.05, 4.69) is 5.16 Å². The van der Waals surface area contributed by atoms with E-state index in [9.17, 15) is 0 Å². The van der Waals surface area contributed by atoms with Crippen LogP contribution in [0.1, 0.15) is 25.7 Å². The molecule has 2 N–H and O–H groups in total. The summed E-state index contributed by atoms with van der Waals surface area (Å²) in [5.74, 6) is 0.879. The van der Waals surface area contributed by atoms with Crippen molar-refractivity contribution in [2.75, 3.05) is 13.2 Å². The third-order valence-corrected chi connectivity index (χ3v) is 2.71. The van der Waals surface area contributed by atoms with E-state index in [1.807, 2.05) is 0 Å². The summed E-state index contributed by atoms with van der Waals surface area (Å²) < 4.78 is 5.21. The monoisotopic (exact) mass is 184 g/mol. The van der Waals surface area contributed by atoms with Gasteiger partial charge in [-0.15, -0.1) is 0 Å². The molecule has 1 aliphatic heterocycles. The third kappa shape index (κ3) is 2.12. The lowest BCUT2D eigenvalue weighted by Crippen LogP contribution is -2.26. The second-order valence-corrected chi connectivity index (χ2v) is 3.73. The van der Waals surface area contributed by atoms with Crippen molar-refractivity contribution < 1.29 is 9.57 Å². The van der Waals surface area contributed by atoms with E-state index < -0.39 is 0 Å². The Balaban J connectivity index is 1.76. The number of hydrogen-bond acceptors (Lipinski definition) is 3. The highest BCUT2D eigenvalue weighted by Gasteiger charge is 2.22. The summed E-state index contributed by atoms with van der Waals surface area (Å²) in [7, 11) is 0. The van der Waals surface area contributed by atoms with Crippen molar-refractivity contribution in [3.05, 3.63) is 0 Å². The molecule has 74 valence electrons. The summed E-state index contributed by atoms with van der Waals surface area (Å²) in [4.78, 5) is 5.26. The zero-order valence-electron chi connectivity index (χ0n) is 7.74. The van der Waals surface area contributed by atoms with Crippen molar-refractivity contribution in [1.82, 2.24) is 0 Å². The topological polar surface area (TPSA) is 56.8 Å². The molecule has 1 saturated heterocycles. The number of nitrogens with zero attached hydrogens (tertiary/aromatic N) is 1. The molecule has 0 bridgehead atoms. The van der Waals surface area contributed by atoms with Gasteiger partial charge in [0.15, 0.2) is 0 Å². The molecule has 2 fully saturated rings. The average Bonchev–Trinajstić information content (AvgIpc) is 2.52. The first kappa shape index (κ1) is 8.81. The molecule has 1 unspecified atom stereocenters. The van der Waals surface area contributed by atoms with Crippen molar-refractivity contribution in [1.29, 1.82) is 0 Å². The molecule has 2 aliphatic rings. The first-order valence-corrected chi connectivity index (χ1v) is 4.93. The van der Waals surface area contributed by atoms with Gasteiger partial charge in [-0.2, -0.15) is 0 Å². The molecule has 0 spiro atoms. The van der Waals surface area contributed by atoms with Crippen molar-refractivity contribution in [3.8, 4) is 0 Å². The Morgan fingerprint density at radius 2 is 2.23 bits per heavy atom. The zero-order chi connectivity index (χ0) is 9.10. The predicted octanol–water partition coefficient (Wildman–Crippen LogP) is 0.864. The molecule has 4 nitrogen and oxygen atoms in total. The summed E-state index contributed by atoms with van der Waals surface area (Å²) in [5.41, 5.74) is 5.75. The SMILES string of the molecule is N/C(=N\OC1CCC1)C1CCOC1. The Bertz CT molecular complexity index is 196. The molecular formula is C9H16N2O2. The lowest BCUT2D eigenvalue weighted by atomic mass is 9.97. The van der Waals surface area contributed by atoms with Crippen LogP contribution in [-0.2, 0) is 9.57 Å². The Morgan fingerprint density at radius 1 is 1.38 bits per heavy atom. The Kier molecular flexibility index (Phi) is 2.68. The van der Waals surface area contributed by atoms with Crippen LogP contribution < -0.4 is 5.73 Å². The van der Waals surface area contributed by atoms with Gasteiger partial charge in [0.2, 0.25) is 0 Å². The summed E-state index contributed by atoms with van der Waals surface area (Å²) in [6, 6.07) is 0. The van der Waals surface area contributed by atoms with Gasteiger partial charge in [0.1, 0.15) is 11.9 Å². The molecule has 1 aliphatic carbocycles. The lowest BCUT2D eigenvalue weighted by molar-refractivity contribution is 0.00491. The number of rotatable bonds is 3. The Morgan fingerprint density at radius 3 is 2.77 bits per heavy atom. The van der Waals surface area contributed by atoms with Crippen molar-refractivity contribution >= 4 is 5.84 Å². The Labute approximate surface area is 78.1 Å². The van der Waals surface area contributed by atoms with Gasteiger partial charge in [0.25, 0.3) is 0 Å². The van der Waals surface area contributed by atoms with Gasteiger partial charge in [0.05, 0.1) is 6.61 Å². The zero-order valence-corrected chi connectivity index (χ0v) is 7.74. The first-order valence-electron chi connectivity index (χ1n) is 4.93. The third-order valence-electron chi connectivity index (χ3n) is 2.71. The fraction of sp³-hybridized carbons (Fsp3) is 0.889. The molecule has 1 heterocycles. The minimum atomic E-state index is 0.278. The summed E-state index contributed by atoms with van der Waals surface area (Å²) in [5, 5.41) is 3.94. The van der Waals surface area contributed by atoms with E-state index >= 15 is 0 Å². The van der Waals surface area contributed by atoms with Gasteiger partial charge >= 0.3 is 0 Å². The number of amidine groups is 1. The normalized spacial score (nSPS) is 30.2. The standard InChI is InChI=1S/C9H16N2O2/c10-9(7-4-5-12-6-7)11-13-8-2-1-3-8/h7-8H,1-6H2,(H2,10,11). The fourth-order valence-electron chi connectivity index (χ4n) is 1.45. The quantitative estimate of drug-likeness (QED) is 0.402. The van der Waals surface area contributed by atoms with E-state index in [4.69, 9.17) is 15.3 Å². The van der Waals surface area contributed by atoms with E-state index in [1.165, 1.54) is 6.42 Å². The average molecular weight is 184 g/mol. The first-order chi connectivity index (χ1) is 6.36. The number of nitrogens with two attached hydrogens (primary N) is 1. The van der Waals surface area contributed by atoms with Crippen LogP contribution in [0.25, 0.3) is 0 Å². The van der Waals surface area contributed by atoms with Crippen LogP contribution in [0.3, 0.4) is 0 Å². The molecule has 1 saturated carbocycles. The fourth-order valence-corrected chi connectivity index (χ4v) is 1.45. The van der Waals surface area contributed by atoms with Crippen LogP contribution in [0, 0.1) is 5.92 Å². The van der Waals surface area contributed by atoms with Gasteiger partial charge in [-0.05, 0) is 25.7 Å². The van der Waals surface area contributed by atoms with Gasteiger partial charge in [-0.3, -0.25) is 0 Å². The highest BCUT2D eigenvalue weighted by molar-refractivity contribution is 5.82. The van der Waals surface area contributed by atoms with E-state index in [-0.39, 0.29) is 5.92 Å². The number of hydrogen-bond donors (Lipinski definition) is 1. The lowest BCUT2D eigenvalue weighted by Gasteiger charge is -2.23. The molecule has 1 atom stereocenters. The van der Waals surface area contributed by atoms with Crippen LogP contribution in [0.5, 0.6) is 0 Å². The van der Waals surface area contributed by atoms with Gasteiger partial charge in [-0.25, -0.2) is 0 Å². The molecule has 2 rings (SSSR count). The highest BCUT2D eigenvalue weighted by atomic mass is 16.6. The van der Waals surface area contributed by atoms with E-state index in [1.54, 1.807) is 0 Å². The Hall–Kier alpha value is -0.770. The highest BCUT2D eigenvalue weighted by Crippen LogP contribution is 2.22. The van der Waals surface area contributed by atoms with Gasteiger partial charge < -0.3 is 15.3 Å². The maximum Gasteiger partial charge on any atom is 0.144 e. The molecule has 0 amide bonds. The molecule has 0 aromatic heterocycles. The van der Waals surface area contributed by atoms with Gasteiger partial charge in [-0.1, -0.05) is 5.16 Å². The second-order valence-electron chi connectivity index (χ2n) is 3.73. The van der Waals surface area contributed by atoms with Crippen LogP contribution in [0.4, 0.5) is 0 Å². The molecule has 0 aromatic carbocycles. The second kappa shape index (κ2) is 3.96.